The van der Waals surface area contributed by atoms with Crippen LogP contribution in [0.4, 0.5) is 13.2 Å². The van der Waals surface area contributed by atoms with E-state index in [1.54, 1.807) is 0 Å². The first-order valence-electron chi connectivity index (χ1n) is 7.85. The third-order valence-electron chi connectivity index (χ3n) is 4.30. The number of fused-ring (bicyclic) bond motifs is 1. The summed E-state index contributed by atoms with van der Waals surface area (Å²) in [6, 6.07) is 3.92. The fourth-order valence-electron chi connectivity index (χ4n) is 2.89. The Labute approximate surface area is 154 Å². The number of nitrogens with zero attached hydrogens (tertiary/aromatic N) is 2. The number of hydrogen-bond acceptors (Lipinski definition) is 5. The van der Waals surface area contributed by atoms with Gasteiger partial charge in [-0.2, -0.15) is 13.2 Å². The van der Waals surface area contributed by atoms with E-state index in [-0.39, 0.29) is 18.7 Å². The van der Waals surface area contributed by atoms with Crippen LogP contribution in [0.3, 0.4) is 0 Å². The summed E-state index contributed by atoms with van der Waals surface area (Å²) < 4.78 is 38.9. The van der Waals surface area contributed by atoms with Crippen molar-refractivity contribution in [1.29, 1.82) is 0 Å². The summed E-state index contributed by atoms with van der Waals surface area (Å²) in [6.45, 7) is -0.623. The molecule has 0 fully saturated rings. The number of hydrogen-bond donors (Lipinski definition) is 3. The van der Waals surface area contributed by atoms with Crippen molar-refractivity contribution >= 4 is 11.9 Å². The fraction of sp³-hybridized carbons (Fsp3) is 0.235. The van der Waals surface area contributed by atoms with Crippen molar-refractivity contribution in [2.24, 2.45) is 0 Å². The molecule has 11 heteroatoms. The standard InChI is InChI=1S/C17H13F3N2O6/c18-17(19,20)9-3-1-8(2-4-9)5-22-11(23)7-21-6-10(16(27)28)13(24)14(25)12(21)15(22)26/h1-4,6,11,23,25H,5,7H2,(H,27,28). The fourth-order valence-corrected chi connectivity index (χ4v) is 2.89. The maximum Gasteiger partial charge on any atom is 0.416 e. The quantitative estimate of drug-likeness (QED) is 0.716. The number of carboxylic acid groups (broad SMARTS) is 1. The molecule has 2 aromatic rings. The van der Waals surface area contributed by atoms with E-state index in [0.29, 0.717) is 0 Å². The highest BCUT2D eigenvalue weighted by atomic mass is 19.4. The first-order valence-corrected chi connectivity index (χ1v) is 7.85. The molecule has 0 spiro atoms. The van der Waals surface area contributed by atoms with Crippen molar-refractivity contribution in [3.05, 3.63) is 63.1 Å². The van der Waals surface area contributed by atoms with Gasteiger partial charge in [0.25, 0.3) is 5.91 Å². The molecule has 1 unspecified atom stereocenters. The van der Waals surface area contributed by atoms with E-state index < -0.39 is 52.3 Å². The zero-order valence-electron chi connectivity index (χ0n) is 14.0. The largest absolute Gasteiger partial charge is 0.503 e. The van der Waals surface area contributed by atoms with Crippen LogP contribution < -0.4 is 5.43 Å². The monoisotopic (exact) mass is 398 g/mol. The number of aliphatic hydroxyl groups is 1. The van der Waals surface area contributed by atoms with Crippen molar-refractivity contribution in [3.63, 3.8) is 0 Å². The molecule has 0 saturated heterocycles. The maximum atomic E-state index is 12.6. The number of aromatic nitrogens is 1. The van der Waals surface area contributed by atoms with E-state index in [9.17, 15) is 37.8 Å². The predicted molar refractivity (Wildman–Crippen MR) is 86.7 cm³/mol. The average molecular weight is 398 g/mol. The van der Waals surface area contributed by atoms with Gasteiger partial charge >= 0.3 is 12.1 Å². The van der Waals surface area contributed by atoms with Gasteiger partial charge in [0.1, 0.15) is 11.8 Å². The third-order valence-corrected chi connectivity index (χ3v) is 4.30. The molecule has 148 valence electrons. The molecule has 0 aliphatic carbocycles. The van der Waals surface area contributed by atoms with Crippen molar-refractivity contribution in [2.45, 2.75) is 25.5 Å². The number of rotatable bonds is 3. The summed E-state index contributed by atoms with van der Waals surface area (Å²) >= 11 is 0. The number of amides is 1. The van der Waals surface area contributed by atoms with Crippen molar-refractivity contribution in [1.82, 2.24) is 9.47 Å². The van der Waals surface area contributed by atoms with Crippen LogP contribution in [-0.2, 0) is 19.3 Å². The number of carbonyl (C=O) groups is 2. The number of aromatic hydroxyl groups is 1. The summed E-state index contributed by atoms with van der Waals surface area (Å²) in [4.78, 5) is 36.5. The molecule has 0 bridgehead atoms. The van der Waals surface area contributed by atoms with Crippen LogP contribution in [0.15, 0.2) is 35.3 Å². The number of pyridine rings is 1. The van der Waals surface area contributed by atoms with Crippen LogP contribution in [0.2, 0.25) is 0 Å². The third kappa shape index (κ3) is 3.31. The van der Waals surface area contributed by atoms with E-state index in [1.165, 1.54) is 0 Å². The molecule has 0 radical (unpaired) electrons. The summed E-state index contributed by atoms with van der Waals surface area (Å²) in [5.41, 5.74) is -3.13. The van der Waals surface area contributed by atoms with Crippen molar-refractivity contribution in [3.8, 4) is 5.75 Å². The summed E-state index contributed by atoms with van der Waals surface area (Å²) in [7, 11) is 0. The zero-order valence-corrected chi connectivity index (χ0v) is 14.0. The van der Waals surface area contributed by atoms with Crippen LogP contribution in [0.25, 0.3) is 0 Å². The molecular formula is C17H13F3N2O6. The Kier molecular flexibility index (Phi) is 4.63. The normalized spacial score (nSPS) is 16.8. The van der Waals surface area contributed by atoms with Crippen molar-refractivity contribution < 1.29 is 38.1 Å². The van der Waals surface area contributed by atoms with Crippen molar-refractivity contribution in [2.75, 3.05) is 0 Å². The number of halogens is 3. The van der Waals surface area contributed by atoms with Gasteiger partial charge in [-0.15, -0.1) is 0 Å². The second-order valence-electron chi connectivity index (χ2n) is 6.13. The second kappa shape index (κ2) is 6.68. The van der Waals surface area contributed by atoms with Gasteiger partial charge in [-0.25, -0.2) is 4.79 Å². The SMILES string of the molecule is O=C(O)c1cn2c(c(O)c1=O)C(=O)N(Cc1ccc(C(F)(F)F)cc1)C(O)C2. The van der Waals surface area contributed by atoms with Gasteiger partial charge in [-0.1, -0.05) is 12.1 Å². The van der Waals surface area contributed by atoms with E-state index >= 15 is 0 Å². The molecular weight excluding hydrogens is 385 g/mol. The van der Waals surface area contributed by atoms with Crippen LogP contribution in [0.1, 0.15) is 32.0 Å². The summed E-state index contributed by atoms with van der Waals surface area (Å²) in [6.07, 6.45) is -5.13. The number of benzene rings is 1. The topological polar surface area (TPSA) is 120 Å². The van der Waals surface area contributed by atoms with E-state index in [4.69, 9.17) is 5.11 Å². The lowest BCUT2D eigenvalue weighted by Gasteiger charge is -2.34. The molecule has 8 nitrogen and oxygen atoms in total. The summed E-state index contributed by atoms with van der Waals surface area (Å²) in [5.74, 6) is -3.65. The molecule has 3 rings (SSSR count). The van der Waals surface area contributed by atoms with Gasteiger partial charge in [-0.05, 0) is 17.7 Å². The maximum absolute atomic E-state index is 12.6. The number of alkyl halides is 3. The number of carboxylic acids is 1. The molecule has 1 aliphatic heterocycles. The predicted octanol–water partition coefficient (Wildman–Crippen LogP) is 1.25. The smallest absolute Gasteiger partial charge is 0.416 e. The Balaban J connectivity index is 1.94. The minimum atomic E-state index is -4.52. The Morgan fingerprint density at radius 3 is 2.32 bits per heavy atom. The zero-order chi connectivity index (χ0) is 20.8. The highest BCUT2D eigenvalue weighted by molar-refractivity contribution is 5.97. The first kappa shape index (κ1) is 19.4. The molecule has 1 atom stereocenters. The minimum absolute atomic E-state index is 0.276. The van der Waals surface area contributed by atoms with Gasteiger partial charge in [0, 0.05) is 12.7 Å². The van der Waals surface area contributed by atoms with Crippen LogP contribution in [0, 0.1) is 0 Å². The van der Waals surface area contributed by atoms with Gasteiger partial charge in [-0.3, -0.25) is 9.59 Å². The molecule has 3 N–H and O–H groups in total. The average Bonchev–Trinajstić information content (AvgIpc) is 2.60. The molecule has 0 saturated carbocycles. The van der Waals surface area contributed by atoms with E-state index in [0.717, 1.165) is 39.9 Å². The molecule has 1 aliphatic rings. The number of carbonyl (C=O) groups excluding carboxylic acids is 1. The number of aromatic carboxylic acids is 1. The minimum Gasteiger partial charge on any atom is -0.503 e. The Hall–Kier alpha value is -3.34. The number of aliphatic hydroxyl groups excluding tert-OH is 1. The van der Waals surface area contributed by atoms with Gasteiger partial charge < -0.3 is 24.8 Å². The first-order chi connectivity index (χ1) is 13.0. The second-order valence-corrected chi connectivity index (χ2v) is 6.13. The van der Waals surface area contributed by atoms with E-state index in [2.05, 4.69) is 0 Å². The van der Waals surface area contributed by atoms with Crippen LogP contribution in [-0.4, -0.2) is 42.9 Å². The van der Waals surface area contributed by atoms with E-state index in [1.807, 2.05) is 0 Å². The Bertz CT molecular complexity index is 1010. The van der Waals surface area contributed by atoms with Crippen LogP contribution >= 0.6 is 0 Å². The lowest BCUT2D eigenvalue weighted by atomic mass is 10.1. The molecule has 2 heterocycles. The molecule has 1 amide bonds. The van der Waals surface area contributed by atoms with Gasteiger partial charge in [0.2, 0.25) is 5.43 Å². The molecule has 28 heavy (non-hydrogen) atoms. The van der Waals surface area contributed by atoms with Gasteiger partial charge in [0.05, 0.1) is 12.1 Å². The van der Waals surface area contributed by atoms with Gasteiger partial charge in [0.15, 0.2) is 11.4 Å². The highest BCUT2D eigenvalue weighted by Crippen LogP contribution is 2.30. The Morgan fingerprint density at radius 1 is 1.18 bits per heavy atom. The van der Waals surface area contributed by atoms with Crippen LogP contribution in [0.5, 0.6) is 5.75 Å². The lowest BCUT2D eigenvalue weighted by molar-refractivity contribution is -0.137. The lowest BCUT2D eigenvalue weighted by Crippen LogP contribution is -2.48. The highest BCUT2D eigenvalue weighted by Gasteiger charge is 2.36. The Morgan fingerprint density at radius 2 is 1.79 bits per heavy atom. The summed E-state index contributed by atoms with van der Waals surface area (Å²) in [5, 5.41) is 29.2. The molecule has 1 aromatic carbocycles. The molecule has 1 aromatic heterocycles.